The van der Waals surface area contributed by atoms with Crippen LogP contribution in [0.3, 0.4) is 0 Å². The highest BCUT2D eigenvalue weighted by atomic mass is 32.2. The third kappa shape index (κ3) is 3.19. The Morgan fingerprint density at radius 1 is 1.44 bits per heavy atom. The molecule has 7 heteroatoms. The fourth-order valence-electron chi connectivity index (χ4n) is 1.86. The van der Waals surface area contributed by atoms with Crippen molar-refractivity contribution >= 4 is 23.1 Å². The standard InChI is InChI=1S/C11H15F3N2S2/c1-2-15-6-8-9(11(12,13)14)16-10(18-8)7-4-3-5-17-7/h7,15H,2-6H2,1H3. The number of halogens is 3. The Bertz CT molecular complexity index is 397. The predicted octanol–water partition coefficient (Wildman–Crippen LogP) is 3.84. The van der Waals surface area contributed by atoms with Gasteiger partial charge in [0.2, 0.25) is 0 Å². The molecule has 0 radical (unpaired) electrons. The second-order valence-electron chi connectivity index (χ2n) is 4.10. The van der Waals surface area contributed by atoms with Gasteiger partial charge in [-0.25, -0.2) is 4.98 Å². The normalized spacial score (nSPS) is 20.6. The van der Waals surface area contributed by atoms with Crippen LogP contribution in [0, 0.1) is 0 Å². The van der Waals surface area contributed by atoms with Crippen molar-refractivity contribution in [3.05, 3.63) is 15.6 Å². The average molecular weight is 296 g/mol. The predicted molar refractivity (Wildman–Crippen MR) is 68.9 cm³/mol. The first-order chi connectivity index (χ1) is 8.52. The third-order valence-electron chi connectivity index (χ3n) is 2.72. The summed E-state index contributed by atoms with van der Waals surface area (Å²) in [6, 6.07) is 0. The third-order valence-corrected chi connectivity index (χ3v) is 5.43. The molecular weight excluding hydrogens is 281 g/mol. The van der Waals surface area contributed by atoms with E-state index in [0.717, 1.165) is 18.6 Å². The molecule has 0 saturated carbocycles. The van der Waals surface area contributed by atoms with Crippen LogP contribution in [-0.2, 0) is 12.7 Å². The number of nitrogens with zero attached hydrogens (tertiary/aromatic N) is 1. The first kappa shape index (κ1) is 14.1. The van der Waals surface area contributed by atoms with Crippen LogP contribution in [0.2, 0.25) is 0 Å². The van der Waals surface area contributed by atoms with E-state index in [1.165, 1.54) is 11.3 Å². The Labute approximate surface area is 112 Å². The van der Waals surface area contributed by atoms with Gasteiger partial charge in [0.25, 0.3) is 0 Å². The SMILES string of the molecule is CCNCc1sc(C2CCCS2)nc1C(F)(F)F. The van der Waals surface area contributed by atoms with Gasteiger partial charge in [-0.1, -0.05) is 6.92 Å². The highest BCUT2D eigenvalue weighted by Gasteiger charge is 2.38. The van der Waals surface area contributed by atoms with E-state index in [4.69, 9.17) is 0 Å². The Morgan fingerprint density at radius 2 is 2.22 bits per heavy atom. The summed E-state index contributed by atoms with van der Waals surface area (Å²) in [6.45, 7) is 2.78. The molecule has 2 rings (SSSR count). The molecule has 1 N–H and O–H groups in total. The molecular formula is C11H15F3N2S2. The maximum atomic E-state index is 12.9. The van der Waals surface area contributed by atoms with E-state index in [1.54, 1.807) is 11.8 Å². The summed E-state index contributed by atoms with van der Waals surface area (Å²) in [5, 5.41) is 3.74. The number of thiazole rings is 1. The van der Waals surface area contributed by atoms with Gasteiger partial charge in [0.15, 0.2) is 5.69 Å². The molecule has 1 unspecified atom stereocenters. The number of rotatable bonds is 4. The molecule has 1 aromatic rings. The van der Waals surface area contributed by atoms with Gasteiger partial charge in [0, 0.05) is 6.54 Å². The van der Waals surface area contributed by atoms with Crippen LogP contribution in [0.4, 0.5) is 13.2 Å². The molecule has 0 aliphatic carbocycles. The Balaban J connectivity index is 2.24. The van der Waals surface area contributed by atoms with E-state index >= 15 is 0 Å². The van der Waals surface area contributed by atoms with Gasteiger partial charge in [-0.15, -0.1) is 11.3 Å². The number of hydrogen-bond donors (Lipinski definition) is 1. The molecule has 2 heterocycles. The second-order valence-corrected chi connectivity index (χ2v) is 6.53. The number of thioether (sulfide) groups is 1. The van der Waals surface area contributed by atoms with Crippen molar-refractivity contribution in [2.45, 2.75) is 37.7 Å². The van der Waals surface area contributed by atoms with E-state index in [9.17, 15) is 13.2 Å². The summed E-state index contributed by atoms with van der Waals surface area (Å²) in [5.41, 5.74) is -0.698. The van der Waals surface area contributed by atoms with E-state index in [-0.39, 0.29) is 11.8 Å². The van der Waals surface area contributed by atoms with Crippen molar-refractivity contribution < 1.29 is 13.2 Å². The van der Waals surface area contributed by atoms with Gasteiger partial charge in [0.1, 0.15) is 5.01 Å². The van der Waals surface area contributed by atoms with E-state index in [0.29, 0.717) is 16.4 Å². The zero-order valence-corrected chi connectivity index (χ0v) is 11.6. The molecule has 1 saturated heterocycles. The minimum Gasteiger partial charge on any atom is -0.312 e. The zero-order valence-electron chi connectivity index (χ0n) is 10.0. The Kier molecular flexibility index (Phi) is 4.55. The summed E-state index contributed by atoms with van der Waals surface area (Å²) in [6.07, 6.45) is -2.34. The Morgan fingerprint density at radius 3 is 2.78 bits per heavy atom. The smallest absolute Gasteiger partial charge is 0.312 e. The molecule has 0 aromatic carbocycles. The van der Waals surface area contributed by atoms with E-state index < -0.39 is 11.9 Å². The van der Waals surface area contributed by atoms with Crippen LogP contribution in [0.25, 0.3) is 0 Å². The molecule has 0 bridgehead atoms. The summed E-state index contributed by atoms with van der Waals surface area (Å²) >= 11 is 2.92. The van der Waals surface area contributed by atoms with Gasteiger partial charge < -0.3 is 5.32 Å². The van der Waals surface area contributed by atoms with Crippen LogP contribution >= 0.6 is 23.1 Å². The molecule has 1 fully saturated rings. The molecule has 0 spiro atoms. The van der Waals surface area contributed by atoms with Crippen LogP contribution in [0.15, 0.2) is 0 Å². The number of nitrogens with one attached hydrogen (secondary N) is 1. The summed E-state index contributed by atoms with van der Waals surface area (Å²) < 4.78 is 38.7. The summed E-state index contributed by atoms with van der Waals surface area (Å²) in [5.74, 6) is 1.02. The van der Waals surface area contributed by atoms with Crippen LogP contribution in [-0.4, -0.2) is 17.3 Å². The summed E-state index contributed by atoms with van der Waals surface area (Å²) in [7, 11) is 0. The van der Waals surface area contributed by atoms with Crippen LogP contribution in [0.5, 0.6) is 0 Å². The van der Waals surface area contributed by atoms with E-state index in [1.807, 2.05) is 6.92 Å². The van der Waals surface area contributed by atoms with Crippen molar-refractivity contribution in [3.63, 3.8) is 0 Å². The molecule has 0 amide bonds. The van der Waals surface area contributed by atoms with Gasteiger partial charge >= 0.3 is 6.18 Å². The van der Waals surface area contributed by atoms with Crippen LogP contribution < -0.4 is 5.32 Å². The van der Waals surface area contributed by atoms with Gasteiger partial charge in [0.05, 0.1) is 10.1 Å². The lowest BCUT2D eigenvalue weighted by Crippen LogP contribution is -2.15. The fraction of sp³-hybridized carbons (Fsp3) is 0.727. The van der Waals surface area contributed by atoms with Crippen molar-refractivity contribution in [2.75, 3.05) is 12.3 Å². The minimum absolute atomic E-state index is 0.159. The van der Waals surface area contributed by atoms with Gasteiger partial charge in [-0.3, -0.25) is 0 Å². The van der Waals surface area contributed by atoms with Crippen LogP contribution in [0.1, 0.15) is 40.6 Å². The van der Waals surface area contributed by atoms with Crippen molar-refractivity contribution in [1.82, 2.24) is 10.3 Å². The average Bonchev–Trinajstić information content (AvgIpc) is 2.93. The first-order valence-corrected chi connectivity index (χ1v) is 7.78. The monoisotopic (exact) mass is 296 g/mol. The molecule has 102 valence electrons. The molecule has 1 atom stereocenters. The lowest BCUT2D eigenvalue weighted by atomic mass is 10.2. The maximum absolute atomic E-state index is 12.9. The van der Waals surface area contributed by atoms with E-state index in [2.05, 4.69) is 10.3 Å². The molecule has 1 aromatic heterocycles. The number of hydrogen-bond acceptors (Lipinski definition) is 4. The molecule has 18 heavy (non-hydrogen) atoms. The highest BCUT2D eigenvalue weighted by Crippen LogP contribution is 2.44. The topological polar surface area (TPSA) is 24.9 Å². The van der Waals surface area contributed by atoms with Gasteiger partial charge in [-0.05, 0) is 25.1 Å². The van der Waals surface area contributed by atoms with Crippen molar-refractivity contribution in [2.24, 2.45) is 0 Å². The largest absolute Gasteiger partial charge is 0.434 e. The zero-order chi connectivity index (χ0) is 13.2. The highest BCUT2D eigenvalue weighted by molar-refractivity contribution is 7.99. The number of aromatic nitrogens is 1. The van der Waals surface area contributed by atoms with Gasteiger partial charge in [-0.2, -0.15) is 24.9 Å². The minimum atomic E-state index is -4.34. The molecule has 1 aliphatic rings. The number of alkyl halides is 3. The molecule has 1 aliphatic heterocycles. The lowest BCUT2D eigenvalue weighted by Gasteiger charge is -2.06. The lowest BCUT2D eigenvalue weighted by molar-refractivity contribution is -0.141. The van der Waals surface area contributed by atoms with Crippen molar-refractivity contribution in [1.29, 1.82) is 0 Å². The second kappa shape index (κ2) is 5.79. The van der Waals surface area contributed by atoms with Crippen molar-refractivity contribution in [3.8, 4) is 0 Å². The summed E-state index contributed by atoms with van der Waals surface area (Å²) in [4.78, 5) is 4.16. The quantitative estimate of drug-likeness (QED) is 0.914. The first-order valence-electron chi connectivity index (χ1n) is 5.91. The Hall–Kier alpha value is -0.270. The molecule has 2 nitrogen and oxygen atoms in total. The fourth-order valence-corrected chi connectivity index (χ4v) is 4.43. The maximum Gasteiger partial charge on any atom is 0.434 e.